The van der Waals surface area contributed by atoms with Crippen LogP contribution in [0.3, 0.4) is 0 Å². The molecule has 5 nitrogen and oxygen atoms in total. The minimum absolute atomic E-state index is 0.00463. The fraction of sp³-hybridized carbons (Fsp3) is 0.364. The molecule has 1 aliphatic heterocycles. The van der Waals surface area contributed by atoms with Gasteiger partial charge in [-0.3, -0.25) is 9.36 Å². The molecule has 18 heavy (non-hydrogen) atoms. The summed E-state index contributed by atoms with van der Waals surface area (Å²) in [6.07, 6.45) is 3.28. The van der Waals surface area contributed by atoms with Crippen LogP contribution in [0.15, 0.2) is 12.3 Å². The molecular formula is C11H11ClN4OS. The third-order valence-electron chi connectivity index (χ3n) is 3.09. The summed E-state index contributed by atoms with van der Waals surface area (Å²) >= 11 is 11.2. The summed E-state index contributed by atoms with van der Waals surface area (Å²) in [6.45, 7) is 0.726. The molecule has 1 amide bonds. The van der Waals surface area contributed by atoms with Crippen molar-refractivity contribution in [1.29, 1.82) is 0 Å². The van der Waals surface area contributed by atoms with Crippen LogP contribution in [0, 0.1) is 4.77 Å². The number of carbonyl (C=O) groups excluding carboxylic acids is 1. The Balaban J connectivity index is 2.19. The van der Waals surface area contributed by atoms with E-state index in [1.807, 2.05) is 0 Å². The molecular weight excluding hydrogens is 272 g/mol. The highest BCUT2D eigenvalue weighted by atomic mass is 35.5. The van der Waals surface area contributed by atoms with E-state index in [4.69, 9.17) is 23.8 Å². The lowest BCUT2D eigenvalue weighted by Gasteiger charge is -2.23. The average molecular weight is 283 g/mol. The van der Waals surface area contributed by atoms with E-state index in [-0.39, 0.29) is 11.9 Å². The first-order chi connectivity index (χ1) is 8.66. The van der Waals surface area contributed by atoms with Gasteiger partial charge in [-0.05, 0) is 31.1 Å². The van der Waals surface area contributed by atoms with Crippen molar-refractivity contribution in [2.75, 3.05) is 6.54 Å². The van der Waals surface area contributed by atoms with Crippen molar-refractivity contribution < 1.29 is 4.79 Å². The number of H-pyrrole nitrogens is 1. The molecule has 1 fully saturated rings. The SMILES string of the molecule is O=C1NCCCC1n1c(=S)[nH]c2cc(Cl)cnc21. The van der Waals surface area contributed by atoms with Crippen molar-refractivity contribution in [3.63, 3.8) is 0 Å². The normalized spacial score (nSPS) is 20.1. The van der Waals surface area contributed by atoms with E-state index in [0.29, 0.717) is 15.4 Å². The molecule has 0 aromatic carbocycles. The average Bonchev–Trinajstić information content (AvgIpc) is 2.65. The third kappa shape index (κ3) is 1.81. The Bertz CT molecular complexity index is 677. The summed E-state index contributed by atoms with van der Waals surface area (Å²) in [5.74, 6) is -0.00463. The third-order valence-corrected chi connectivity index (χ3v) is 3.60. The van der Waals surface area contributed by atoms with Crippen LogP contribution in [0.1, 0.15) is 18.9 Å². The van der Waals surface area contributed by atoms with Crippen LogP contribution in [0.2, 0.25) is 5.02 Å². The fourth-order valence-electron chi connectivity index (χ4n) is 2.28. The Labute approximate surface area is 113 Å². The Morgan fingerprint density at radius 2 is 2.39 bits per heavy atom. The number of aromatic amines is 1. The summed E-state index contributed by atoms with van der Waals surface area (Å²) in [7, 11) is 0. The summed E-state index contributed by atoms with van der Waals surface area (Å²) in [5.41, 5.74) is 1.43. The number of hydrogen-bond acceptors (Lipinski definition) is 3. The highest BCUT2D eigenvalue weighted by Gasteiger charge is 2.26. The summed E-state index contributed by atoms with van der Waals surface area (Å²) in [5, 5.41) is 3.39. The minimum Gasteiger partial charge on any atom is -0.354 e. The van der Waals surface area contributed by atoms with E-state index >= 15 is 0 Å². The quantitative estimate of drug-likeness (QED) is 0.788. The standard InChI is InChI=1S/C11H11ClN4OS/c12-6-4-7-9(14-5-6)16(11(18)15-7)8-2-1-3-13-10(8)17/h4-5,8H,1-3H2,(H,13,17)(H,15,18). The molecule has 1 unspecified atom stereocenters. The van der Waals surface area contributed by atoms with Crippen molar-refractivity contribution in [3.05, 3.63) is 22.1 Å². The molecule has 0 bridgehead atoms. The van der Waals surface area contributed by atoms with E-state index in [1.165, 1.54) is 0 Å². The smallest absolute Gasteiger partial charge is 0.243 e. The molecule has 0 saturated carbocycles. The molecule has 7 heteroatoms. The number of hydrogen-bond donors (Lipinski definition) is 2. The molecule has 2 N–H and O–H groups in total. The monoisotopic (exact) mass is 282 g/mol. The maximum atomic E-state index is 11.9. The molecule has 1 atom stereocenters. The number of nitrogens with one attached hydrogen (secondary N) is 2. The summed E-state index contributed by atoms with van der Waals surface area (Å²) in [6, 6.07) is 1.48. The lowest BCUT2D eigenvalue weighted by Crippen LogP contribution is -2.38. The van der Waals surface area contributed by atoms with Crippen LogP contribution in [0.4, 0.5) is 0 Å². The van der Waals surface area contributed by atoms with Crippen molar-refractivity contribution >= 4 is 40.9 Å². The van der Waals surface area contributed by atoms with E-state index in [1.54, 1.807) is 16.8 Å². The minimum atomic E-state index is -0.284. The second-order valence-electron chi connectivity index (χ2n) is 4.27. The second kappa shape index (κ2) is 4.37. The second-order valence-corrected chi connectivity index (χ2v) is 5.10. The zero-order valence-electron chi connectivity index (χ0n) is 9.44. The summed E-state index contributed by atoms with van der Waals surface area (Å²) < 4.78 is 2.27. The highest BCUT2D eigenvalue weighted by molar-refractivity contribution is 7.71. The van der Waals surface area contributed by atoms with Gasteiger partial charge in [0.15, 0.2) is 10.4 Å². The first-order valence-corrected chi connectivity index (χ1v) is 6.49. The molecule has 94 valence electrons. The van der Waals surface area contributed by atoms with Crippen LogP contribution in [-0.2, 0) is 4.79 Å². The number of carbonyl (C=O) groups is 1. The van der Waals surface area contributed by atoms with Gasteiger partial charge in [-0.15, -0.1) is 0 Å². The molecule has 0 spiro atoms. The van der Waals surface area contributed by atoms with Gasteiger partial charge in [0.2, 0.25) is 5.91 Å². The molecule has 0 radical (unpaired) electrons. The lowest BCUT2D eigenvalue weighted by molar-refractivity contribution is -0.125. The zero-order valence-corrected chi connectivity index (χ0v) is 11.0. The van der Waals surface area contributed by atoms with E-state index in [9.17, 15) is 4.79 Å². The number of imidazole rings is 1. The molecule has 2 aromatic rings. The van der Waals surface area contributed by atoms with Crippen LogP contribution in [0.25, 0.3) is 11.2 Å². The van der Waals surface area contributed by atoms with Crippen LogP contribution < -0.4 is 5.32 Å². The van der Waals surface area contributed by atoms with Gasteiger partial charge < -0.3 is 10.3 Å². The van der Waals surface area contributed by atoms with Gasteiger partial charge in [-0.25, -0.2) is 4.98 Å². The van der Waals surface area contributed by atoms with Crippen molar-refractivity contribution in [1.82, 2.24) is 19.9 Å². The van der Waals surface area contributed by atoms with Gasteiger partial charge in [0, 0.05) is 12.7 Å². The van der Waals surface area contributed by atoms with Gasteiger partial charge >= 0.3 is 0 Å². The first kappa shape index (κ1) is 11.7. The number of fused-ring (bicyclic) bond motifs is 1. The van der Waals surface area contributed by atoms with Crippen LogP contribution in [0.5, 0.6) is 0 Å². The number of pyridine rings is 1. The van der Waals surface area contributed by atoms with E-state index in [2.05, 4.69) is 15.3 Å². The Kier molecular flexibility index (Phi) is 2.83. The maximum absolute atomic E-state index is 11.9. The van der Waals surface area contributed by atoms with E-state index < -0.39 is 0 Å². The lowest BCUT2D eigenvalue weighted by atomic mass is 10.1. The molecule has 3 rings (SSSR count). The topological polar surface area (TPSA) is 62.7 Å². The van der Waals surface area contributed by atoms with Crippen molar-refractivity contribution in [3.8, 4) is 0 Å². The fourth-order valence-corrected chi connectivity index (χ4v) is 2.76. The first-order valence-electron chi connectivity index (χ1n) is 5.70. The number of amides is 1. The van der Waals surface area contributed by atoms with Crippen LogP contribution >= 0.6 is 23.8 Å². The van der Waals surface area contributed by atoms with Crippen molar-refractivity contribution in [2.24, 2.45) is 0 Å². The molecule has 2 aromatic heterocycles. The summed E-state index contributed by atoms with van der Waals surface area (Å²) in [4.78, 5) is 19.2. The van der Waals surface area contributed by atoms with Gasteiger partial charge in [-0.1, -0.05) is 11.6 Å². The van der Waals surface area contributed by atoms with Crippen LogP contribution in [-0.4, -0.2) is 27.0 Å². The van der Waals surface area contributed by atoms with E-state index in [0.717, 1.165) is 24.9 Å². The predicted octanol–water partition coefficient (Wildman–Crippen LogP) is 2.20. The Morgan fingerprint density at radius 3 is 3.17 bits per heavy atom. The molecule has 1 aliphatic rings. The van der Waals surface area contributed by atoms with Gasteiger partial charge in [0.05, 0.1) is 10.5 Å². The number of nitrogens with zero attached hydrogens (tertiary/aromatic N) is 2. The predicted molar refractivity (Wildman–Crippen MR) is 71.2 cm³/mol. The number of halogens is 1. The van der Waals surface area contributed by atoms with Gasteiger partial charge in [-0.2, -0.15) is 0 Å². The largest absolute Gasteiger partial charge is 0.354 e. The van der Waals surface area contributed by atoms with Crippen molar-refractivity contribution in [2.45, 2.75) is 18.9 Å². The molecule has 1 saturated heterocycles. The number of rotatable bonds is 1. The van der Waals surface area contributed by atoms with Gasteiger partial charge in [0.1, 0.15) is 6.04 Å². The number of aromatic nitrogens is 3. The highest BCUT2D eigenvalue weighted by Crippen LogP contribution is 2.24. The zero-order chi connectivity index (χ0) is 12.7. The Morgan fingerprint density at radius 1 is 1.56 bits per heavy atom. The maximum Gasteiger partial charge on any atom is 0.243 e. The molecule has 3 heterocycles. The molecule has 0 aliphatic carbocycles. The van der Waals surface area contributed by atoms with Gasteiger partial charge in [0.25, 0.3) is 0 Å². The Hall–Kier alpha value is -1.40. The number of piperidine rings is 1.